The van der Waals surface area contributed by atoms with Gasteiger partial charge in [0, 0.05) is 5.39 Å². The van der Waals surface area contributed by atoms with Gasteiger partial charge in [0.05, 0.1) is 10.5 Å². The first-order valence-corrected chi connectivity index (χ1v) is 6.86. The summed E-state index contributed by atoms with van der Waals surface area (Å²) in [5.74, 6) is 0.902. The number of nitrogens with one attached hydrogen (secondary N) is 1. The number of fused-ring (bicyclic) bond motifs is 1. The number of rotatable bonds is 2. The van der Waals surface area contributed by atoms with Crippen molar-refractivity contribution in [1.82, 2.24) is 4.98 Å². The van der Waals surface area contributed by atoms with Crippen molar-refractivity contribution in [2.75, 3.05) is 5.32 Å². The van der Waals surface area contributed by atoms with Crippen LogP contribution >= 0.6 is 11.6 Å². The number of dihydropyridines is 1. The summed E-state index contributed by atoms with van der Waals surface area (Å²) < 4.78 is 25.4. The Labute approximate surface area is 125 Å². The molecule has 1 aliphatic rings. The van der Waals surface area contributed by atoms with Crippen molar-refractivity contribution in [3.8, 4) is 0 Å². The molecule has 1 aromatic carbocycles. The third-order valence-corrected chi connectivity index (χ3v) is 3.48. The molecule has 2 aromatic rings. The fraction of sp³-hybridized carbons (Fsp3) is 0.200. The Morgan fingerprint density at radius 2 is 2.10 bits per heavy atom. The number of benzene rings is 1. The lowest BCUT2D eigenvalue weighted by molar-refractivity contribution is 0.117. The summed E-state index contributed by atoms with van der Waals surface area (Å²) in [5, 5.41) is 4.41. The number of halogens is 3. The van der Waals surface area contributed by atoms with Crippen molar-refractivity contribution in [2.45, 2.75) is 18.9 Å². The highest BCUT2D eigenvalue weighted by Gasteiger charge is 2.20. The van der Waals surface area contributed by atoms with Gasteiger partial charge in [-0.05, 0) is 30.7 Å². The number of aromatic nitrogens is 1. The van der Waals surface area contributed by atoms with Crippen LogP contribution in [0.3, 0.4) is 0 Å². The molecule has 0 aliphatic carbocycles. The Hall–Kier alpha value is -2.01. The zero-order valence-corrected chi connectivity index (χ0v) is 11.7. The van der Waals surface area contributed by atoms with Crippen molar-refractivity contribution in [3.05, 3.63) is 47.5 Å². The van der Waals surface area contributed by atoms with E-state index in [4.69, 9.17) is 11.6 Å². The molecule has 0 fully saturated rings. The molecule has 6 heteroatoms. The molecule has 1 unspecified atom stereocenters. The van der Waals surface area contributed by atoms with Crippen LogP contribution in [0.4, 0.5) is 14.6 Å². The lowest BCUT2D eigenvalue weighted by Gasteiger charge is -2.16. The second kappa shape index (κ2) is 5.77. The van der Waals surface area contributed by atoms with Gasteiger partial charge in [-0.1, -0.05) is 29.8 Å². The molecule has 0 radical (unpaired) electrons. The van der Waals surface area contributed by atoms with Crippen molar-refractivity contribution < 1.29 is 8.78 Å². The van der Waals surface area contributed by atoms with Gasteiger partial charge in [-0.15, -0.1) is 0 Å². The van der Waals surface area contributed by atoms with Crippen LogP contribution in [0, 0.1) is 0 Å². The zero-order valence-electron chi connectivity index (χ0n) is 10.9. The predicted molar refractivity (Wildman–Crippen MR) is 81.4 cm³/mol. The van der Waals surface area contributed by atoms with Crippen LogP contribution in [0.1, 0.15) is 6.42 Å². The fourth-order valence-electron chi connectivity index (χ4n) is 2.14. The summed E-state index contributed by atoms with van der Waals surface area (Å²) >= 11 is 6.10. The normalized spacial score (nSPS) is 18.1. The molecule has 0 saturated carbocycles. The summed E-state index contributed by atoms with van der Waals surface area (Å²) in [6.07, 6.45) is 1.14. The Balaban J connectivity index is 1.88. The first kappa shape index (κ1) is 13.9. The Bertz CT molecular complexity index is 728. The largest absolute Gasteiger partial charge is 0.325 e. The van der Waals surface area contributed by atoms with E-state index in [-0.39, 0.29) is 6.42 Å². The number of anilines is 1. The number of amidine groups is 1. The lowest BCUT2D eigenvalue weighted by atomic mass is 10.1. The molecule has 3 rings (SSSR count). The smallest absolute Gasteiger partial charge is 0.260 e. The third kappa shape index (κ3) is 3.03. The second-order valence-corrected chi connectivity index (χ2v) is 5.09. The Morgan fingerprint density at radius 3 is 2.90 bits per heavy atom. The molecule has 0 amide bonds. The minimum Gasteiger partial charge on any atom is -0.325 e. The average Bonchev–Trinajstić information content (AvgIpc) is 2.48. The number of alkyl halides is 2. The maximum atomic E-state index is 12.7. The predicted octanol–water partition coefficient (Wildman–Crippen LogP) is 4.29. The van der Waals surface area contributed by atoms with Crippen LogP contribution in [-0.2, 0) is 0 Å². The summed E-state index contributed by atoms with van der Waals surface area (Å²) in [6, 6.07) is 8.14. The van der Waals surface area contributed by atoms with E-state index < -0.39 is 12.5 Å². The van der Waals surface area contributed by atoms with E-state index in [1.165, 1.54) is 0 Å². The molecule has 1 atom stereocenters. The lowest BCUT2D eigenvalue weighted by Crippen LogP contribution is -2.23. The number of nitrogens with zero attached hydrogens (tertiary/aromatic N) is 2. The Kier molecular flexibility index (Phi) is 3.84. The fourth-order valence-corrected chi connectivity index (χ4v) is 2.36. The molecular weight excluding hydrogens is 296 g/mol. The van der Waals surface area contributed by atoms with Gasteiger partial charge in [0.25, 0.3) is 6.43 Å². The van der Waals surface area contributed by atoms with E-state index in [0.717, 1.165) is 5.39 Å². The van der Waals surface area contributed by atoms with E-state index in [1.54, 1.807) is 24.3 Å². The summed E-state index contributed by atoms with van der Waals surface area (Å²) in [5.41, 5.74) is 0.662. The van der Waals surface area contributed by atoms with Crippen LogP contribution in [0.5, 0.6) is 0 Å². The van der Waals surface area contributed by atoms with Crippen LogP contribution in [0.2, 0.25) is 5.02 Å². The summed E-state index contributed by atoms with van der Waals surface area (Å²) in [7, 11) is 0. The van der Waals surface area contributed by atoms with Gasteiger partial charge in [0.1, 0.15) is 17.7 Å². The molecule has 21 heavy (non-hydrogen) atoms. The molecule has 1 aliphatic heterocycles. The van der Waals surface area contributed by atoms with E-state index in [1.807, 2.05) is 18.2 Å². The van der Waals surface area contributed by atoms with Gasteiger partial charge in [-0.25, -0.2) is 13.8 Å². The van der Waals surface area contributed by atoms with E-state index in [2.05, 4.69) is 15.3 Å². The van der Waals surface area contributed by atoms with Crippen LogP contribution in [-0.4, -0.2) is 23.3 Å². The minimum atomic E-state index is -2.47. The number of hydrogen-bond donors (Lipinski definition) is 1. The highest BCUT2D eigenvalue weighted by molar-refractivity contribution is 6.35. The summed E-state index contributed by atoms with van der Waals surface area (Å²) in [4.78, 5) is 8.37. The van der Waals surface area contributed by atoms with E-state index in [9.17, 15) is 8.78 Å². The molecular formula is C15H12ClF2N3. The molecule has 108 valence electrons. The zero-order chi connectivity index (χ0) is 14.8. The van der Waals surface area contributed by atoms with Gasteiger partial charge in [0.15, 0.2) is 0 Å². The topological polar surface area (TPSA) is 37.3 Å². The Morgan fingerprint density at radius 1 is 1.24 bits per heavy atom. The number of aliphatic imine (C=N–C) groups is 1. The van der Waals surface area contributed by atoms with Crippen molar-refractivity contribution >= 4 is 34.2 Å². The van der Waals surface area contributed by atoms with Gasteiger partial charge in [-0.3, -0.25) is 4.99 Å². The van der Waals surface area contributed by atoms with Gasteiger partial charge < -0.3 is 5.32 Å². The van der Waals surface area contributed by atoms with Crippen LogP contribution < -0.4 is 5.32 Å². The maximum absolute atomic E-state index is 12.7. The van der Waals surface area contributed by atoms with Crippen LogP contribution in [0.25, 0.3) is 10.9 Å². The maximum Gasteiger partial charge on any atom is 0.260 e. The number of pyridine rings is 1. The van der Waals surface area contributed by atoms with Gasteiger partial charge >= 0.3 is 0 Å². The first-order valence-electron chi connectivity index (χ1n) is 6.48. The van der Waals surface area contributed by atoms with Gasteiger partial charge in [0.2, 0.25) is 0 Å². The third-order valence-electron chi connectivity index (χ3n) is 3.18. The average molecular weight is 308 g/mol. The highest BCUT2D eigenvalue weighted by atomic mass is 35.5. The molecule has 1 N–H and O–H groups in total. The summed E-state index contributed by atoms with van der Waals surface area (Å²) in [6.45, 7) is 0. The van der Waals surface area contributed by atoms with Crippen LogP contribution in [0.15, 0.2) is 47.5 Å². The molecule has 1 aromatic heterocycles. The molecule has 0 saturated heterocycles. The molecule has 0 spiro atoms. The highest BCUT2D eigenvalue weighted by Crippen LogP contribution is 2.23. The van der Waals surface area contributed by atoms with Crippen molar-refractivity contribution in [3.63, 3.8) is 0 Å². The molecule has 2 heterocycles. The first-order chi connectivity index (χ1) is 10.1. The van der Waals surface area contributed by atoms with E-state index >= 15 is 0 Å². The SMILES string of the molecule is FC(F)C1CC=CC(Nc2ccc3cccc(Cl)c3n2)=N1. The monoisotopic (exact) mass is 307 g/mol. The molecule has 0 bridgehead atoms. The number of hydrogen-bond acceptors (Lipinski definition) is 3. The standard InChI is InChI=1S/C15H12ClF2N3/c16-10-4-1-3-9-7-8-13(21-14(9)10)20-12-6-2-5-11(19-12)15(17)18/h1-4,6-8,11,15H,5H2,(H,19,20,21). The quantitative estimate of drug-likeness (QED) is 0.898. The van der Waals surface area contributed by atoms with Gasteiger partial charge in [-0.2, -0.15) is 0 Å². The molecule has 3 nitrogen and oxygen atoms in total. The van der Waals surface area contributed by atoms with Crippen molar-refractivity contribution in [2.24, 2.45) is 4.99 Å². The van der Waals surface area contributed by atoms with E-state index in [0.29, 0.717) is 22.2 Å². The van der Waals surface area contributed by atoms with Crippen molar-refractivity contribution in [1.29, 1.82) is 0 Å². The number of para-hydroxylation sites is 1. The minimum absolute atomic E-state index is 0.250. The second-order valence-electron chi connectivity index (χ2n) is 4.69.